The second-order valence-electron chi connectivity index (χ2n) is 5.56. The topological polar surface area (TPSA) is 12.0 Å². The first-order valence-electron chi connectivity index (χ1n) is 7.26. The van der Waals surface area contributed by atoms with Gasteiger partial charge in [0, 0.05) is 12.5 Å². The first-order valence-corrected chi connectivity index (χ1v) is 7.26. The quantitative estimate of drug-likeness (QED) is 0.713. The minimum Gasteiger partial charge on any atom is -0.314 e. The molecule has 0 radical (unpaired) electrons. The molecular formula is C14H26F3N. The Morgan fingerprint density at radius 1 is 1.22 bits per heavy atom. The molecule has 0 saturated heterocycles. The summed E-state index contributed by atoms with van der Waals surface area (Å²) in [6, 6.07) is 0.0584. The fourth-order valence-corrected chi connectivity index (χ4v) is 3.00. The summed E-state index contributed by atoms with van der Waals surface area (Å²) in [5, 5.41) is 3.33. The van der Waals surface area contributed by atoms with Crippen molar-refractivity contribution in [1.29, 1.82) is 0 Å². The van der Waals surface area contributed by atoms with Crippen molar-refractivity contribution in [2.75, 3.05) is 6.54 Å². The van der Waals surface area contributed by atoms with Crippen molar-refractivity contribution in [2.24, 2.45) is 11.8 Å². The Kier molecular flexibility index (Phi) is 6.47. The van der Waals surface area contributed by atoms with E-state index in [9.17, 15) is 13.2 Å². The van der Waals surface area contributed by atoms with Gasteiger partial charge in [-0.1, -0.05) is 26.7 Å². The summed E-state index contributed by atoms with van der Waals surface area (Å²) in [7, 11) is 0. The molecule has 0 aromatic carbocycles. The Balaban J connectivity index is 2.44. The molecule has 1 nitrogen and oxygen atoms in total. The predicted octanol–water partition coefficient (Wildman–Crippen LogP) is 4.52. The summed E-state index contributed by atoms with van der Waals surface area (Å²) in [4.78, 5) is 0. The lowest BCUT2D eigenvalue weighted by Crippen LogP contribution is -2.36. The molecule has 0 heterocycles. The molecule has 1 fully saturated rings. The molecule has 0 aromatic heterocycles. The molecule has 1 aliphatic rings. The highest BCUT2D eigenvalue weighted by Gasteiger charge is 2.33. The zero-order chi connectivity index (χ0) is 13.6. The van der Waals surface area contributed by atoms with Crippen LogP contribution < -0.4 is 5.32 Å². The first kappa shape index (κ1) is 15.8. The maximum Gasteiger partial charge on any atom is 0.389 e. The number of rotatable bonds is 7. The lowest BCUT2D eigenvalue weighted by molar-refractivity contribution is -0.137. The van der Waals surface area contributed by atoms with Gasteiger partial charge in [0.2, 0.25) is 0 Å². The van der Waals surface area contributed by atoms with Gasteiger partial charge in [0.1, 0.15) is 0 Å². The monoisotopic (exact) mass is 265 g/mol. The van der Waals surface area contributed by atoms with Gasteiger partial charge in [-0.3, -0.25) is 0 Å². The SMILES string of the molecule is CCCNC(CCC(F)(F)F)C1CCC(CC)C1. The van der Waals surface area contributed by atoms with E-state index in [0.717, 1.165) is 38.1 Å². The molecule has 3 atom stereocenters. The molecule has 1 N–H and O–H groups in total. The smallest absolute Gasteiger partial charge is 0.314 e. The third-order valence-corrected chi connectivity index (χ3v) is 4.12. The molecule has 108 valence electrons. The maximum atomic E-state index is 12.3. The van der Waals surface area contributed by atoms with Gasteiger partial charge in [-0.15, -0.1) is 0 Å². The average molecular weight is 265 g/mol. The molecule has 0 amide bonds. The molecule has 1 aliphatic carbocycles. The number of nitrogens with one attached hydrogen (secondary N) is 1. The van der Waals surface area contributed by atoms with Gasteiger partial charge in [0.05, 0.1) is 0 Å². The maximum absolute atomic E-state index is 12.3. The standard InChI is InChI=1S/C14H26F3N/c1-3-9-18-13(7-8-14(15,16)17)12-6-5-11(4-2)10-12/h11-13,18H,3-10H2,1-2H3. The Bertz CT molecular complexity index is 228. The summed E-state index contributed by atoms with van der Waals surface area (Å²) in [5.41, 5.74) is 0. The van der Waals surface area contributed by atoms with Gasteiger partial charge in [-0.25, -0.2) is 0 Å². The fraction of sp³-hybridized carbons (Fsp3) is 1.00. The molecule has 3 unspecified atom stereocenters. The van der Waals surface area contributed by atoms with Gasteiger partial charge < -0.3 is 5.32 Å². The van der Waals surface area contributed by atoms with Crippen LogP contribution in [0.1, 0.15) is 58.8 Å². The van der Waals surface area contributed by atoms with Gasteiger partial charge in [0.15, 0.2) is 0 Å². The summed E-state index contributed by atoms with van der Waals surface area (Å²) in [6.45, 7) is 5.06. The van der Waals surface area contributed by atoms with Crippen LogP contribution in [0.4, 0.5) is 13.2 Å². The summed E-state index contributed by atoms with van der Waals surface area (Å²) >= 11 is 0. The van der Waals surface area contributed by atoms with Crippen molar-refractivity contribution in [3.8, 4) is 0 Å². The lowest BCUT2D eigenvalue weighted by atomic mass is 9.92. The third-order valence-electron chi connectivity index (χ3n) is 4.12. The number of hydrogen-bond donors (Lipinski definition) is 1. The minimum absolute atomic E-state index is 0.0584. The highest BCUT2D eigenvalue weighted by Crippen LogP contribution is 2.37. The van der Waals surface area contributed by atoms with Crippen molar-refractivity contribution < 1.29 is 13.2 Å². The predicted molar refractivity (Wildman–Crippen MR) is 68.5 cm³/mol. The molecule has 0 spiro atoms. The van der Waals surface area contributed by atoms with E-state index in [1.165, 1.54) is 6.42 Å². The van der Waals surface area contributed by atoms with Gasteiger partial charge >= 0.3 is 6.18 Å². The Morgan fingerprint density at radius 2 is 1.94 bits per heavy atom. The third kappa shape index (κ3) is 5.59. The largest absolute Gasteiger partial charge is 0.389 e. The van der Waals surface area contributed by atoms with Crippen LogP contribution in [-0.2, 0) is 0 Å². The molecule has 1 rings (SSSR count). The summed E-state index contributed by atoms with van der Waals surface area (Å²) in [5.74, 6) is 1.18. The van der Waals surface area contributed by atoms with Gasteiger partial charge in [-0.05, 0) is 44.1 Å². The molecule has 0 bridgehead atoms. The molecule has 18 heavy (non-hydrogen) atoms. The zero-order valence-corrected chi connectivity index (χ0v) is 11.5. The Hall–Kier alpha value is -0.250. The van der Waals surface area contributed by atoms with E-state index in [4.69, 9.17) is 0 Å². The van der Waals surface area contributed by atoms with Crippen molar-refractivity contribution >= 4 is 0 Å². The number of hydrogen-bond acceptors (Lipinski definition) is 1. The van der Waals surface area contributed by atoms with E-state index in [1.807, 2.05) is 0 Å². The van der Waals surface area contributed by atoms with E-state index in [0.29, 0.717) is 5.92 Å². The van der Waals surface area contributed by atoms with Crippen LogP contribution in [0.15, 0.2) is 0 Å². The number of alkyl halides is 3. The van der Waals surface area contributed by atoms with Gasteiger partial charge in [0.25, 0.3) is 0 Å². The van der Waals surface area contributed by atoms with Crippen LogP contribution in [0.5, 0.6) is 0 Å². The minimum atomic E-state index is -4.02. The number of halogens is 3. The van der Waals surface area contributed by atoms with Crippen LogP contribution >= 0.6 is 0 Å². The van der Waals surface area contributed by atoms with Gasteiger partial charge in [-0.2, -0.15) is 13.2 Å². The lowest BCUT2D eigenvalue weighted by Gasteiger charge is -2.25. The van der Waals surface area contributed by atoms with Crippen LogP contribution in [-0.4, -0.2) is 18.8 Å². The zero-order valence-electron chi connectivity index (χ0n) is 11.5. The van der Waals surface area contributed by atoms with Crippen molar-refractivity contribution in [1.82, 2.24) is 5.32 Å². The second-order valence-corrected chi connectivity index (χ2v) is 5.56. The van der Waals surface area contributed by atoms with Crippen molar-refractivity contribution in [3.05, 3.63) is 0 Å². The van der Waals surface area contributed by atoms with Crippen LogP contribution in [0, 0.1) is 11.8 Å². The normalized spacial score (nSPS) is 26.5. The second kappa shape index (κ2) is 7.37. The van der Waals surface area contributed by atoms with E-state index >= 15 is 0 Å². The van der Waals surface area contributed by atoms with Crippen molar-refractivity contribution in [2.45, 2.75) is 71.0 Å². The Morgan fingerprint density at radius 3 is 2.44 bits per heavy atom. The molecule has 0 aliphatic heterocycles. The average Bonchev–Trinajstić information content (AvgIpc) is 2.76. The van der Waals surface area contributed by atoms with E-state index in [-0.39, 0.29) is 12.5 Å². The fourth-order valence-electron chi connectivity index (χ4n) is 3.00. The molecule has 4 heteroatoms. The van der Waals surface area contributed by atoms with Crippen LogP contribution in [0.3, 0.4) is 0 Å². The molecule has 1 saturated carbocycles. The first-order chi connectivity index (χ1) is 8.46. The highest BCUT2D eigenvalue weighted by molar-refractivity contribution is 4.84. The summed E-state index contributed by atoms with van der Waals surface area (Å²) < 4.78 is 37.0. The molecule has 0 aromatic rings. The van der Waals surface area contributed by atoms with E-state index in [1.54, 1.807) is 0 Å². The van der Waals surface area contributed by atoms with Crippen LogP contribution in [0.25, 0.3) is 0 Å². The highest BCUT2D eigenvalue weighted by atomic mass is 19.4. The Labute approximate surface area is 109 Å². The van der Waals surface area contributed by atoms with Crippen LogP contribution in [0.2, 0.25) is 0 Å². The summed E-state index contributed by atoms with van der Waals surface area (Å²) in [6.07, 6.45) is 1.11. The van der Waals surface area contributed by atoms with E-state index in [2.05, 4.69) is 19.2 Å². The molecular weight excluding hydrogens is 239 g/mol. The van der Waals surface area contributed by atoms with Crippen molar-refractivity contribution in [3.63, 3.8) is 0 Å². The van der Waals surface area contributed by atoms with E-state index < -0.39 is 12.6 Å².